The van der Waals surface area contributed by atoms with Gasteiger partial charge in [0.25, 0.3) is 0 Å². The quantitative estimate of drug-likeness (QED) is 0.892. The SMILES string of the molecule is CCCC1COC(c2ccc(C(=O)O)cc2)OC1. The van der Waals surface area contributed by atoms with E-state index in [9.17, 15) is 4.79 Å². The molecule has 0 saturated carbocycles. The predicted molar refractivity (Wildman–Crippen MR) is 66.4 cm³/mol. The van der Waals surface area contributed by atoms with E-state index in [1.54, 1.807) is 24.3 Å². The van der Waals surface area contributed by atoms with Crippen molar-refractivity contribution in [1.82, 2.24) is 0 Å². The van der Waals surface area contributed by atoms with E-state index >= 15 is 0 Å². The third kappa shape index (κ3) is 3.09. The van der Waals surface area contributed by atoms with Gasteiger partial charge in [0.15, 0.2) is 6.29 Å². The highest BCUT2D eigenvalue weighted by Crippen LogP contribution is 2.26. The van der Waals surface area contributed by atoms with Gasteiger partial charge >= 0.3 is 5.97 Å². The van der Waals surface area contributed by atoms with Crippen molar-refractivity contribution < 1.29 is 19.4 Å². The van der Waals surface area contributed by atoms with E-state index in [-0.39, 0.29) is 11.9 Å². The minimum absolute atomic E-state index is 0.276. The Hall–Kier alpha value is -1.39. The third-order valence-corrected chi connectivity index (χ3v) is 3.09. The van der Waals surface area contributed by atoms with Crippen LogP contribution in [-0.2, 0) is 9.47 Å². The Morgan fingerprint density at radius 2 is 1.89 bits per heavy atom. The van der Waals surface area contributed by atoms with Gasteiger partial charge in [-0.1, -0.05) is 25.5 Å². The van der Waals surface area contributed by atoms with Crippen LogP contribution in [0.15, 0.2) is 24.3 Å². The lowest BCUT2D eigenvalue weighted by Crippen LogP contribution is -2.26. The van der Waals surface area contributed by atoms with E-state index < -0.39 is 5.97 Å². The van der Waals surface area contributed by atoms with Crippen LogP contribution in [0.1, 0.15) is 42.0 Å². The van der Waals surface area contributed by atoms with Crippen molar-refractivity contribution in [1.29, 1.82) is 0 Å². The van der Waals surface area contributed by atoms with Crippen molar-refractivity contribution in [3.63, 3.8) is 0 Å². The number of carboxylic acid groups (broad SMARTS) is 1. The number of aromatic carboxylic acids is 1. The highest BCUT2D eigenvalue weighted by Gasteiger charge is 2.23. The van der Waals surface area contributed by atoms with E-state index in [2.05, 4.69) is 6.92 Å². The van der Waals surface area contributed by atoms with Gasteiger partial charge in [-0.05, 0) is 18.6 Å². The van der Waals surface area contributed by atoms with Crippen LogP contribution in [0.4, 0.5) is 0 Å². The Bertz CT molecular complexity index is 391. The summed E-state index contributed by atoms with van der Waals surface area (Å²) in [6, 6.07) is 6.63. The molecule has 0 unspecified atom stereocenters. The molecular weight excluding hydrogens is 232 g/mol. The summed E-state index contributed by atoms with van der Waals surface area (Å²) in [5, 5.41) is 8.82. The van der Waals surface area contributed by atoms with Crippen LogP contribution in [0.25, 0.3) is 0 Å². The second-order valence-corrected chi connectivity index (χ2v) is 4.58. The van der Waals surface area contributed by atoms with Gasteiger partial charge in [-0.15, -0.1) is 0 Å². The topological polar surface area (TPSA) is 55.8 Å². The average Bonchev–Trinajstić information content (AvgIpc) is 2.40. The molecule has 1 fully saturated rings. The van der Waals surface area contributed by atoms with Crippen LogP contribution in [-0.4, -0.2) is 24.3 Å². The molecule has 1 aromatic carbocycles. The van der Waals surface area contributed by atoms with Crippen LogP contribution >= 0.6 is 0 Å². The highest BCUT2D eigenvalue weighted by molar-refractivity contribution is 5.87. The number of rotatable bonds is 4. The van der Waals surface area contributed by atoms with E-state index in [0.717, 1.165) is 18.4 Å². The van der Waals surface area contributed by atoms with Crippen LogP contribution in [0.3, 0.4) is 0 Å². The molecule has 4 heteroatoms. The summed E-state index contributed by atoms with van der Waals surface area (Å²) < 4.78 is 11.3. The standard InChI is InChI=1S/C14H18O4/c1-2-3-10-8-17-14(18-9-10)12-6-4-11(5-7-12)13(15)16/h4-7,10,14H,2-3,8-9H2,1H3,(H,15,16). The molecule has 1 heterocycles. The van der Waals surface area contributed by atoms with E-state index in [1.807, 2.05) is 0 Å². The highest BCUT2D eigenvalue weighted by atomic mass is 16.7. The average molecular weight is 250 g/mol. The number of hydrogen-bond acceptors (Lipinski definition) is 3. The van der Waals surface area contributed by atoms with Gasteiger partial charge < -0.3 is 14.6 Å². The number of ether oxygens (including phenoxy) is 2. The molecular formula is C14H18O4. The maximum Gasteiger partial charge on any atom is 0.335 e. The van der Waals surface area contributed by atoms with Crippen molar-refractivity contribution in [2.45, 2.75) is 26.1 Å². The largest absolute Gasteiger partial charge is 0.478 e. The number of benzene rings is 1. The molecule has 4 nitrogen and oxygen atoms in total. The lowest BCUT2D eigenvalue weighted by atomic mass is 10.0. The summed E-state index contributed by atoms with van der Waals surface area (Å²) >= 11 is 0. The van der Waals surface area contributed by atoms with Gasteiger partial charge in [0.1, 0.15) is 0 Å². The van der Waals surface area contributed by atoms with Gasteiger partial charge in [-0.3, -0.25) is 0 Å². The summed E-state index contributed by atoms with van der Waals surface area (Å²) in [5.41, 5.74) is 1.15. The molecule has 0 spiro atoms. The molecule has 98 valence electrons. The van der Waals surface area contributed by atoms with Gasteiger partial charge in [0.2, 0.25) is 0 Å². The Labute approximate surface area is 107 Å². The fourth-order valence-electron chi connectivity index (χ4n) is 2.09. The lowest BCUT2D eigenvalue weighted by Gasteiger charge is -2.29. The zero-order chi connectivity index (χ0) is 13.0. The molecule has 0 atom stereocenters. The predicted octanol–water partition coefficient (Wildman–Crippen LogP) is 2.85. The van der Waals surface area contributed by atoms with Crippen molar-refractivity contribution in [2.75, 3.05) is 13.2 Å². The molecule has 1 aliphatic rings. The molecule has 1 saturated heterocycles. The molecule has 0 radical (unpaired) electrons. The summed E-state index contributed by atoms with van der Waals surface area (Å²) in [6.45, 7) is 3.56. The second kappa shape index (κ2) is 5.98. The molecule has 1 aromatic rings. The number of carboxylic acids is 1. The van der Waals surface area contributed by atoms with E-state index in [4.69, 9.17) is 14.6 Å². The van der Waals surface area contributed by atoms with Gasteiger partial charge in [-0.2, -0.15) is 0 Å². The fraction of sp³-hybridized carbons (Fsp3) is 0.500. The van der Waals surface area contributed by atoms with Crippen molar-refractivity contribution in [2.24, 2.45) is 5.92 Å². The molecule has 0 aromatic heterocycles. The summed E-state index contributed by atoms with van der Waals surface area (Å²) in [5.74, 6) is -0.445. The maximum absolute atomic E-state index is 10.7. The fourth-order valence-corrected chi connectivity index (χ4v) is 2.09. The Balaban J connectivity index is 1.95. The smallest absolute Gasteiger partial charge is 0.335 e. The van der Waals surface area contributed by atoms with Crippen LogP contribution in [0, 0.1) is 5.92 Å². The van der Waals surface area contributed by atoms with Crippen molar-refractivity contribution in [3.8, 4) is 0 Å². The van der Waals surface area contributed by atoms with Gasteiger partial charge in [0.05, 0.1) is 18.8 Å². The molecule has 2 rings (SSSR count). The van der Waals surface area contributed by atoms with Crippen LogP contribution in [0.5, 0.6) is 0 Å². The van der Waals surface area contributed by atoms with E-state index in [0.29, 0.717) is 19.1 Å². The van der Waals surface area contributed by atoms with Crippen molar-refractivity contribution in [3.05, 3.63) is 35.4 Å². The molecule has 18 heavy (non-hydrogen) atoms. The number of carbonyl (C=O) groups is 1. The van der Waals surface area contributed by atoms with Gasteiger partial charge in [-0.25, -0.2) is 4.79 Å². The number of hydrogen-bond donors (Lipinski definition) is 1. The zero-order valence-corrected chi connectivity index (χ0v) is 10.5. The van der Waals surface area contributed by atoms with E-state index in [1.165, 1.54) is 0 Å². The third-order valence-electron chi connectivity index (χ3n) is 3.09. The Kier molecular flexibility index (Phi) is 4.33. The first-order valence-corrected chi connectivity index (χ1v) is 6.27. The maximum atomic E-state index is 10.7. The first-order valence-electron chi connectivity index (χ1n) is 6.27. The minimum Gasteiger partial charge on any atom is -0.478 e. The van der Waals surface area contributed by atoms with Crippen molar-refractivity contribution >= 4 is 5.97 Å². The first kappa shape index (κ1) is 13.1. The zero-order valence-electron chi connectivity index (χ0n) is 10.5. The summed E-state index contributed by atoms with van der Waals surface area (Å²) in [7, 11) is 0. The Morgan fingerprint density at radius 3 is 2.39 bits per heavy atom. The molecule has 1 aliphatic heterocycles. The minimum atomic E-state index is -0.921. The van der Waals surface area contributed by atoms with Gasteiger partial charge in [0, 0.05) is 11.5 Å². The molecule has 0 aliphatic carbocycles. The Morgan fingerprint density at radius 1 is 1.28 bits per heavy atom. The lowest BCUT2D eigenvalue weighted by molar-refractivity contribution is -0.206. The summed E-state index contributed by atoms with van der Waals surface area (Å²) in [6.07, 6.45) is 1.89. The first-order chi connectivity index (χ1) is 8.70. The molecule has 1 N–H and O–H groups in total. The summed E-state index contributed by atoms with van der Waals surface area (Å²) in [4.78, 5) is 10.7. The normalized spacial score (nSPS) is 23.8. The molecule has 0 bridgehead atoms. The molecule has 0 amide bonds. The second-order valence-electron chi connectivity index (χ2n) is 4.58. The van der Waals surface area contributed by atoms with Crippen LogP contribution < -0.4 is 0 Å². The van der Waals surface area contributed by atoms with Crippen LogP contribution in [0.2, 0.25) is 0 Å². The monoisotopic (exact) mass is 250 g/mol.